The highest BCUT2D eigenvalue weighted by molar-refractivity contribution is 5.86. The maximum Gasteiger partial charge on any atom is 0.242 e. The number of carbonyl (C=O) groups excluding carboxylic acids is 2. The summed E-state index contributed by atoms with van der Waals surface area (Å²) < 4.78 is 43.4. The largest absolute Gasteiger partial charge is 0.497 e. The zero-order valence-corrected chi connectivity index (χ0v) is 24.4. The van der Waals surface area contributed by atoms with E-state index in [1.54, 1.807) is 55.4 Å². The number of nitrogens with zero attached hydrogens (tertiary/aromatic N) is 2. The third-order valence-electron chi connectivity index (χ3n) is 7.74. The van der Waals surface area contributed by atoms with Crippen LogP contribution in [0.15, 0.2) is 83.5 Å². The fraction of sp³-hybridized carbons (Fsp3) is 0.412. The van der Waals surface area contributed by atoms with Gasteiger partial charge in [0.05, 0.1) is 27.9 Å². The second kappa shape index (κ2) is 15.9. The Morgan fingerprint density at radius 1 is 0.884 bits per heavy atom. The predicted octanol–water partition coefficient (Wildman–Crippen LogP) is 6.33. The van der Waals surface area contributed by atoms with Gasteiger partial charge in [-0.3, -0.25) is 9.59 Å². The molecule has 2 amide bonds. The molecule has 1 fully saturated rings. The highest BCUT2D eigenvalue weighted by Crippen LogP contribution is 2.31. The lowest BCUT2D eigenvalue weighted by Gasteiger charge is -2.34. The van der Waals surface area contributed by atoms with Crippen molar-refractivity contribution in [3.63, 3.8) is 0 Å². The van der Waals surface area contributed by atoms with E-state index in [9.17, 15) is 18.4 Å². The number of benzene rings is 2. The molecule has 1 saturated heterocycles. The SMILES string of the molecule is C.COC1=CC(CN2CCN(C(=O)CCCCC(c3ccc(F)cc3)c3ccc(F)cc3)CC2=O)=CCC(OC)=C1OC. The first-order valence-corrected chi connectivity index (χ1v) is 14.2. The first-order valence-electron chi connectivity index (χ1n) is 14.2. The standard InChI is InChI=1S/C33H38F2N2O5.CH4/c1-40-29-17-8-23(20-30(41-2)33(29)42-3)21-36-18-19-37(22-32(36)39)31(38)7-5-4-6-28(24-9-13-26(34)14-10-24)25-11-15-27(35)16-12-25;/h8-16,20,28H,4-7,17-19,21-22H2,1-3H3;1H4. The monoisotopic (exact) mass is 596 g/mol. The lowest BCUT2D eigenvalue weighted by molar-refractivity contribution is -0.144. The number of methoxy groups -OCH3 is 3. The fourth-order valence-corrected chi connectivity index (χ4v) is 5.41. The van der Waals surface area contributed by atoms with Gasteiger partial charge in [-0.1, -0.05) is 44.2 Å². The van der Waals surface area contributed by atoms with Crippen LogP contribution >= 0.6 is 0 Å². The number of rotatable bonds is 12. The van der Waals surface area contributed by atoms with Crippen LogP contribution in [0.1, 0.15) is 56.6 Å². The summed E-state index contributed by atoms with van der Waals surface area (Å²) in [7, 11) is 4.69. The van der Waals surface area contributed by atoms with Crippen molar-refractivity contribution in [3.8, 4) is 0 Å². The van der Waals surface area contributed by atoms with Crippen molar-refractivity contribution < 1.29 is 32.6 Å². The van der Waals surface area contributed by atoms with E-state index in [1.807, 2.05) is 12.2 Å². The van der Waals surface area contributed by atoms with E-state index in [4.69, 9.17) is 14.2 Å². The molecule has 43 heavy (non-hydrogen) atoms. The van der Waals surface area contributed by atoms with E-state index in [1.165, 1.54) is 24.3 Å². The molecule has 1 aliphatic heterocycles. The van der Waals surface area contributed by atoms with E-state index >= 15 is 0 Å². The molecule has 2 aliphatic rings. The van der Waals surface area contributed by atoms with Gasteiger partial charge in [-0.2, -0.15) is 0 Å². The van der Waals surface area contributed by atoms with Crippen molar-refractivity contribution in [1.29, 1.82) is 0 Å². The summed E-state index contributed by atoms with van der Waals surface area (Å²) in [6.45, 7) is 1.36. The highest BCUT2D eigenvalue weighted by Gasteiger charge is 2.28. The molecule has 232 valence electrons. The predicted molar refractivity (Wildman–Crippen MR) is 162 cm³/mol. The third kappa shape index (κ3) is 8.69. The Kier molecular flexibility index (Phi) is 12.3. The van der Waals surface area contributed by atoms with Crippen LogP contribution in [0.25, 0.3) is 0 Å². The Labute approximate surface area is 253 Å². The van der Waals surface area contributed by atoms with Crippen LogP contribution in [-0.2, 0) is 23.8 Å². The zero-order valence-electron chi connectivity index (χ0n) is 24.4. The lowest BCUT2D eigenvalue weighted by atomic mass is 9.87. The molecule has 0 atom stereocenters. The average molecular weight is 597 g/mol. The molecule has 0 aromatic heterocycles. The Hall–Kier alpha value is -4.14. The number of halogens is 2. The second-order valence-corrected chi connectivity index (χ2v) is 10.4. The molecule has 2 aromatic carbocycles. The molecule has 7 nitrogen and oxygen atoms in total. The molecule has 0 unspecified atom stereocenters. The third-order valence-corrected chi connectivity index (χ3v) is 7.74. The number of piperazine rings is 1. The zero-order chi connectivity index (χ0) is 30.1. The number of hydrogen-bond donors (Lipinski definition) is 0. The summed E-state index contributed by atoms with van der Waals surface area (Å²) in [4.78, 5) is 29.3. The fourth-order valence-electron chi connectivity index (χ4n) is 5.41. The molecule has 1 aliphatic carbocycles. The molecule has 0 spiro atoms. The maximum absolute atomic E-state index is 13.5. The summed E-state index contributed by atoms with van der Waals surface area (Å²) in [5.74, 6) is 0.892. The summed E-state index contributed by atoms with van der Waals surface area (Å²) in [6, 6.07) is 12.7. The Morgan fingerprint density at radius 3 is 2.05 bits per heavy atom. The van der Waals surface area contributed by atoms with Crippen LogP contribution < -0.4 is 0 Å². The number of ether oxygens (including phenoxy) is 3. The lowest BCUT2D eigenvalue weighted by Crippen LogP contribution is -2.52. The van der Waals surface area contributed by atoms with Gasteiger partial charge in [0, 0.05) is 38.4 Å². The van der Waals surface area contributed by atoms with Gasteiger partial charge in [0.15, 0.2) is 11.5 Å². The molecular weight excluding hydrogens is 554 g/mol. The van der Waals surface area contributed by atoms with Crippen molar-refractivity contribution in [3.05, 3.63) is 106 Å². The quantitative estimate of drug-likeness (QED) is 0.268. The number of amides is 2. The van der Waals surface area contributed by atoms with E-state index in [0.29, 0.717) is 56.2 Å². The first kappa shape index (κ1) is 33.4. The maximum atomic E-state index is 13.5. The second-order valence-electron chi connectivity index (χ2n) is 10.4. The molecule has 1 heterocycles. The van der Waals surface area contributed by atoms with E-state index < -0.39 is 0 Å². The van der Waals surface area contributed by atoms with Crippen LogP contribution in [0.5, 0.6) is 0 Å². The first-order chi connectivity index (χ1) is 20.3. The van der Waals surface area contributed by atoms with Gasteiger partial charge >= 0.3 is 0 Å². The van der Waals surface area contributed by atoms with E-state index in [0.717, 1.165) is 29.5 Å². The van der Waals surface area contributed by atoms with Gasteiger partial charge in [-0.15, -0.1) is 0 Å². The van der Waals surface area contributed by atoms with Crippen LogP contribution in [0.2, 0.25) is 0 Å². The van der Waals surface area contributed by atoms with Crippen molar-refractivity contribution >= 4 is 11.8 Å². The van der Waals surface area contributed by atoms with Crippen LogP contribution in [0, 0.1) is 11.6 Å². The van der Waals surface area contributed by atoms with Gasteiger partial charge in [0.1, 0.15) is 17.4 Å². The van der Waals surface area contributed by atoms with Crippen molar-refractivity contribution in [2.75, 3.05) is 47.5 Å². The molecule has 0 N–H and O–H groups in total. The minimum atomic E-state index is -0.309. The van der Waals surface area contributed by atoms with Crippen molar-refractivity contribution in [2.45, 2.75) is 45.4 Å². The van der Waals surface area contributed by atoms with E-state index in [2.05, 4.69) is 0 Å². The van der Waals surface area contributed by atoms with Crippen molar-refractivity contribution in [1.82, 2.24) is 9.80 Å². The van der Waals surface area contributed by atoms with Gasteiger partial charge in [0.25, 0.3) is 0 Å². The Morgan fingerprint density at radius 2 is 1.51 bits per heavy atom. The summed E-state index contributed by atoms with van der Waals surface area (Å²) in [6.07, 6.45) is 6.81. The summed E-state index contributed by atoms with van der Waals surface area (Å²) in [5.41, 5.74) is 2.79. The number of allylic oxidation sites excluding steroid dienone is 1. The van der Waals surface area contributed by atoms with Crippen LogP contribution in [0.4, 0.5) is 8.78 Å². The minimum absolute atomic E-state index is 0. The summed E-state index contributed by atoms with van der Waals surface area (Å²) in [5, 5.41) is 0. The van der Waals surface area contributed by atoms with Gasteiger partial charge < -0.3 is 24.0 Å². The minimum Gasteiger partial charge on any atom is -0.497 e. The summed E-state index contributed by atoms with van der Waals surface area (Å²) >= 11 is 0. The van der Waals surface area contributed by atoms with Gasteiger partial charge in [0.2, 0.25) is 11.8 Å². The number of unbranched alkanes of at least 4 members (excludes halogenated alkanes) is 1. The molecular formula is C34H42F2N2O5. The Balaban J connectivity index is 0.00000506. The normalized spacial score (nSPS) is 15.4. The van der Waals surface area contributed by atoms with Gasteiger partial charge in [-0.05, 0) is 59.9 Å². The van der Waals surface area contributed by atoms with Crippen LogP contribution in [0.3, 0.4) is 0 Å². The molecule has 0 saturated carbocycles. The van der Waals surface area contributed by atoms with Crippen molar-refractivity contribution in [2.24, 2.45) is 0 Å². The molecule has 2 aromatic rings. The molecule has 0 radical (unpaired) electrons. The number of hydrogen-bond acceptors (Lipinski definition) is 5. The average Bonchev–Trinajstić information content (AvgIpc) is 3.17. The Bertz CT molecular complexity index is 1290. The highest BCUT2D eigenvalue weighted by atomic mass is 19.1. The van der Waals surface area contributed by atoms with E-state index in [-0.39, 0.29) is 43.3 Å². The smallest absolute Gasteiger partial charge is 0.242 e. The molecule has 9 heteroatoms. The molecule has 0 bridgehead atoms. The van der Waals surface area contributed by atoms with Crippen LogP contribution in [-0.4, -0.2) is 69.1 Å². The van der Waals surface area contributed by atoms with Gasteiger partial charge in [-0.25, -0.2) is 8.78 Å². The number of carbonyl (C=O) groups is 2. The molecule has 4 rings (SSSR count). The topological polar surface area (TPSA) is 68.3 Å².